The Labute approximate surface area is 106 Å². The lowest BCUT2D eigenvalue weighted by atomic mass is 10.0. The average Bonchev–Trinajstić information content (AvgIpc) is 2.21. The number of halogens is 2. The molecule has 1 aromatic rings. The van der Waals surface area contributed by atoms with E-state index in [1.165, 1.54) is 18.2 Å². The molecule has 0 atom stereocenters. The van der Waals surface area contributed by atoms with Crippen LogP contribution < -0.4 is 0 Å². The monoisotopic (exact) mass is 334 g/mol. The summed E-state index contributed by atoms with van der Waals surface area (Å²) in [5, 5.41) is 0.792. The van der Waals surface area contributed by atoms with Gasteiger partial charge in [-0.3, -0.25) is 4.79 Å². The zero-order valence-electron chi connectivity index (χ0n) is 8.64. The molecule has 0 fully saturated rings. The smallest absolute Gasteiger partial charge is 0.310 e. The van der Waals surface area contributed by atoms with Gasteiger partial charge in [-0.1, -0.05) is 37.9 Å². The van der Waals surface area contributed by atoms with Crippen molar-refractivity contribution in [2.75, 3.05) is 7.11 Å². The van der Waals surface area contributed by atoms with E-state index in [2.05, 4.69) is 36.6 Å². The predicted molar refractivity (Wildman–Crippen MR) is 67.2 cm³/mol. The Balaban J connectivity index is 3.02. The van der Waals surface area contributed by atoms with E-state index in [0.717, 1.165) is 15.4 Å². The Morgan fingerprint density at radius 3 is 2.60 bits per heavy atom. The minimum atomic E-state index is -0.222. The molecule has 1 aromatic carbocycles. The zero-order valence-corrected chi connectivity index (χ0v) is 11.8. The van der Waals surface area contributed by atoms with Crippen molar-refractivity contribution < 1.29 is 9.53 Å². The van der Waals surface area contributed by atoms with Crippen molar-refractivity contribution in [1.82, 2.24) is 0 Å². The van der Waals surface area contributed by atoms with Crippen molar-refractivity contribution >= 4 is 37.8 Å². The van der Waals surface area contributed by atoms with E-state index in [-0.39, 0.29) is 5.97 Å². The van der Waals surface area contributed by atoms with Gasteiger partial charge in [0.05, 0.1) is 13.5 Å². The third-order valence-electron chi connectivity index (χ3n) is 2.21. The van der Waals surface area contributed by atoms with Gasteiger partial charge < -0.3 is 4.74 Å². The Hall–Kier alpha value is -0.350. The maximum absolute atomic E-state index is 11.2. The van der Waals surface area contributed by atoms with Gasteiger partial charge in [-0.15, -0.1) is 0 Å². The lowest BCUT2D eigenvalue weighted by Crippen LogP contribution is -2.05. The van der Waals surface area contributed by atoms with Crippen LogP contribution in [0.15, 0.2) is 16.6 Å². The molecule has 82 valence electrons. The summed E-state index contributed by atoms with van der Waals surface area (Å²) >= 11 is 6.86. The third kappa shape index (κ3) is 3.31. The molecule has 0 unspecified atom stereocenters. The number of methoxy groups -OCH3 is 1. The fraction of sp³-hybridized carbons (Fsp3) is 0.364. The van der Waals surface area contributed by atoms with Crippen LogP contribution in [0.3, 0.4) is 0 Å². The second-order valence-corrected chi connectivity index (χ2v) is 4.67. The summed E-state index contributed by atoms with van der Waals surface area (Å²) in [5.74, 6) is -0.222. The van der Waals surface area contributed by atoms with Gasteiger partial charge in [0.25, 0.3) is 0 Å². The fourth-order valence-electron chi connectivity index (χ4n) is 1.28. The highest BCUT2D eigenvalue weighted by Gasteiger charge is 2.09. The van der Waals surface area contributed by atoms with Gasteiger partial charge in [0.2, 0.25) is 0 Å². The molecule has 0 radical (unpaired) electrons. The first-order chi connectivity index (χ1) is 7.08. The fourth-order valence-corrected chi connectivity index (χ4v) is 2.48. The highest BCUT2D eigenvalue weighted by atomic mass is 79.9. The van der Waals surface area contributed by atoms with Crippen molar-refractivity contribution in [1.29, 1.82) is 0 Å². The Kier molecular flexibility index (Phi) is 4.80. The van der Waals surface area contributed by atoms with E-state index in [4.69, 9.17) is 0 Å². The summed E-state index contributed by atoms with van der Waals surface area (Å²) in [6.45, 7) is 2.04. The van der Waals surface area contributed by atoms with E-state index >= 15 is 0 Å². The normalized spacial score (nSPS) is 10.1. The summed E-state index contributed by atoms with van der Waals surface area (Å²) in [6, 6.07) is 4.04. The maximum Gasteiger partial charge on any atom is 0.310 e. The number of aryl methyl sites for hydroxylation is 1. The molecule has 0 saturated heterocycles. The zero-order chi connectivity index (χ0) is 11.4. The summed E-state index contributed by atoms with van der Waals surface area (Å²) in [6.07, 6.45) is 0.303. The Morgan fingerprint density at radius 1 is 1.40 bits per heavy atom. The van der Waals surface area contributed by atoms with Crippen molar-refractivity contribution in [3.8, 4) is 0 Å². The second-order valence-electron chi connectivity index (χ2n) is 3.26. The van der Waals surface area contributed by atoms with Crippen LogP contribution in [-0.2, 0) is 21.3 Å². The minimum absolute atomic E-state index is 0.222. The van der Waals surface area contributed by atoms with Crippen LogP contribution in [0.1, 0.15) is 16.7 Å². The van der Waals surface area contributed by atoms with Crippen molar-refractivity contribution in [3.05, 3.63) is 33.3 Å². The number of alkyl halides is 1. The molecular formula is C11H12Br2O2. The predicted octanol–water partition coefficient (Wildman–Crippen LogP) is 3.37. The van der Waals surface area contributed by atoms with E-state index in [1.54, 1.807) is 0 Å². The van der Waals surface area contributed by atoms with Gasteiger partial charge in [0, 0.05) is 9.80 Å². The molecule has 0 spiro atoms. The number of hydrogen-bond acceptors (Lipinski definition) is 2. The molecule has 0 N–H and O–H groups in total. The van der Waals surface area contributed by atoms with Gasteiger partial charge in [-0.2, -0.15) is 0 Å². The van der Waals surface area contributed by atoms with Crippen molar-refractivity contribution in [3.63, 3.8) is 0 Å². The first kappa shape index (κ1) is 12.7. The molecule has 0 amide bonds. The van der Waals surface area contributed by atoms with Crippen LogP contribution in [0, 0.1) is 6.92 Å². The molecular weight excluding hydrogens is 324 g/mol. The topological polar surface area (TPSA) is 26.3 Å². The van der Waals surface area contributed by atoms with Gasteiger partial charge in [0.1, 0.15) is 0 Å². The molecule has 4 heteroatoms. The van der Waals surface area contributed by atoms with E-state index in [1.807, 2.05) is 19.1 Å². The first-order valence-electron chi connectivity index (χ1n) is 4.49. The standard InChI is InChI=1S/C11H12Br2O2/c1-7-3-10(13)8(4-9(7)6-12)5-11(14)15-2/h3-4H,5-6H2,1-2H3. The minimum Gasteiger partial charge on any atom is -0.469 e. The molecule has 0 saturated carbocycles. The second kappa shape index (κ2) is 5.66. The van der Waals surface area contributed by atoms with Gasteiger partial charge in [-0.25, -0.2) is 0 Å². The molecule has 0 aliphatic rings. The average molecular weight is 336 g/mol. The van der Waals surface area contributed by atoms with E-state index < -0.39 is 0 Å². The molecule has 2 nitrogen and oxygen atoms in total. The Morgan fingerprint density at radius 2 is 2.07 bits per heavy atom. The number of rotatable bonds is 3. The number of carbonyl (C=O) groups excluding carboxylic acids is 1. The van der Waals surface area contributed by atoms with Crippen LogP contribution in [0.4, 0.5) is 0 Å². The first-order valence-corrected chi connectivity index (χ1v) is 6.40. The highest BCUT2D eigenvalue weighted by molar-refractivity contribution is 9.10. The molecule has 0 aliphatic carbocycles. The molecule has 1 rings (SSSR count). The third-order valence-corrected chi connectivity index (χ3v) is 3.55. The van der Waals surface area contributed by atoms with Gasteiger partial charge in [-0.05, 0) is 29.7 Å². The summed E-state index contributed by atoms with van der Waals surface area (Å²) in [5.41, 5.74) is 3.35. The van der Waals surface area contributed by atoms with Crippen molar-refractivity contribution in [2.24, 2.45) is 0 Å². The molecule has 15 heavy (non-hydrogen) atoms. The van der Waals surface area contributed by atoms with Crippen LogP contribution in [0.25, 0.3) is 0 Å². The summed E-state index contributed by atoms with van der Waals surface area (Å²) < 4.78 is 5.60. The SMILES string of the molecule is COC(=O)Cc1cc(CBr)c(C)cc1Br. The molecule has 0 heterocycles. The van der Waals surface area contributed by atoms with Crippen LogP contribution in [-0.4, -0.2) is 13.1 Å². The number of hydrogen-bond donors (Lipinski definition) is 0. The van der Waals surface area contributed by atoms with Gasteiger partial charge in [0.15, 0.2) is 0 Å². The lowest BCUT2D eigenvalue weighted by molar-refractivity contribution is -0.139. The molecule has 0 bridgehead atoms. The van der Waals surface area contributed by atoms with Gasteiger partial charge >= 0.3 is 5.97 Å². The highest BCUT2D eigenvalue weighted by Crippen LogP contribution is 2.24. The number of benzene rings is 1. The van der Waals surface area contributed by atoms with Crippen LogP contribution >= 0.6 is 31.9 Å². The molecule has 0 aromatic heterocycles. The number of esters is 1. The maximum atomic E-state index is 11.2. The van der Waals surface area contributed by atoms with Crippen molar-refractivity contribution in [2.45, 2.75) is 18.7 Å². The van der Waals surface area contributed by atoms with Crippen LogP contribution in [0.5, 0.6) is 0 Å². The van der Waals surface area contributed by atoms with E-state index in [0.29, 0.717) is 6.42 Å². The number of ether oxygens (including phenoxy) is 1. The van der Waals surface area contributed by atoms with Crippen LogP contribution in [0.2, 0.25) is 0 Å². The largest absolute Gasteiger partial charge is 0.469 e. The molecule has 0 aliphatic heterocycles. The number of carbonyl (C=O) groups is 1. The summed E-state index contributed by atoms with van der Waals surface area (Å²) in [7, 11) is 1.40. The summed E-state index contributed by atoms with van der Waals surface area (Å²) in [4.78, 5) is 11.2. The van der Waals surface area contributed by atoms with E-state index in [9.17, 15) is 4.79 Å². The quantitative estimate of drug-likeness (QED) is 0.625. The Bertz CT molecular complexity index is 375. The lowest BCUT2D eigenvalue weighted by Gasteiger charge is -2.08.